The number of benzene rings is 6. The Morgan fingerprint density at radius 3 is 1.32 bits per heavy atom. The number of nitrogens with one attached hydrogen (secondary N) is 3. The maximum atomic E-state index is 12.5. The highest BCUT2D eigenvalue weighted by molar-refractivity contribution is 7.86. The molecule has 0 amide bonds. The van der Waals surface area contributed by atoms with Crippen molar-refractivity contribution in [2.45, 2.75) is 33.4 Å². The molecule has 22 nitrogen and oxygen atoms in total. The quantitative estimate of drug-likeness (QED) is 0.0463. The van der Waals surface area contributed by atoms with Gasteiger partial charge in [-0.05, 0) is 131 Å². The second-order valence-electron chi connectivity index (χ2n) is 13.5. The summed E-state index contributed by atoms with van der Waals surface area (Å²) in [5.74, 6) is -0.124. The molecule has 7 rings (SSSR count). The first-order valence-electron chi connectivity index (χ1n) is 17.5. The van der Waals surface area contributed by atoms with Gasteiger partial charge in [0.1, 0.15) is 21.2 Å². The first kappa shape index (κ1) is 44.2. The molecule has 324 valence electrons. The van der Waals surface area contributed by atoms with Crippen LogP contribution in [0.1, 0.15) is 11.1 Å². The number of rotatable bonds is 12. The lowest BCUT2D eigenvalue weighted by molar-refractivity contribution is 0.481. The number of anilines is 4. The number of azo groups is 2. The van der Waals surface area contributed by atoms with Crippen molar-refractivity contribution in [2.24, 2.45) is 20.5 Å². The Kier molecular flexibility index (Phi) is 11.5. The number of fused-ring (bicyclic) bond motifs is 2. The molecule has 26 heteroatoms. The van der Waals surface area contributed by atoms with Gasteiger partial charge in [0.2, 0.25) is 11.9 Å². The predicted molar refractivity (Wildman–Crippen MR) is 227 cm³/mol. The van der Waals surface area contributed by atoms with E-state index in [4.69, 9.17) is 0 Å². The predicted octanol–water partition coefficient (Wildman–Crippen LogP) is 7.39. The van der Waals surface area contributed by atoms with Crippen molar-refractivity contribution < 1.29 is 51.9 Å². The van der Waals surface area contributed by atoms with Crippen molar-refractivity contribution in [1.29, 1.82) is 0 Å². The average molecular weight is 936 g/mol. The summed E-state index contributed by atoms with van der Waals surface area (Å²) in [7, 11) is -18.9. The molecule has 0 saturated heterocycles. The Morgan fingerprint density at radius 1 is 0.476 bits per heavy atom. The summed E-state index contributed by atoms with van der Waals surface area (Å²) in [6, 6.07) is 20.9. The molecule has 0 saturated carbocycles. The number of nitrogens with zero attached hydrogens (tertiary/aromatic N) is 6. The molecule has 0 aliphatic carbocycles. The van der Waals surface area contributed by atoms with Crippen molar-refractivity contribution >= 4 is 108 Å². The second kappa shape index (κ2) is 16.4. The summed E-state index contributed by atoms with van der Waals surface area (Å²) >= 11 is 0. The van der Waals surface area contributed by atoms with Crippen LogP contribution in [0.15, 0.2) is 142 Å². The van der Waals surface area contributed by atoms with E-state index in [-0.39, 0.29) is 45.4 Å². The van der Waals surface area contributed by atoms with Gasteiger partial charge < -0.3 is 10.6 Å². The largest absolute Gasteiger partial charge is 0.351 e. The molecule has 1 aromatic heterocycles. The summed E-state index contributed by atoms with van der Waals surface area (Å²) < 4.78 is 134. The summed E-state index contributed by atoms with van der Waals surface area (Å²) in [6.07, 6.45) is 0. The molecule has 6 aromatic carbocycles. The van der Waals surface area contributed by atoms with E-state index >= 15 is 0 Å². The Morgan fingerprint density at radius 2 is 0.905 bits per heavy atom. The van der Waals surface area contributed by atoms with Crippen LogP contribution in [0.4, 0.5) is 46.0 Å². The zero-order valence-electron chi connectivity index (χ0n) is 32.0. The van der Waals surface area contributed by atoms with Crippen molar-refractivity contribution in [3.05, 3.63) is 119 Å². The summed E-state index contributed by atoms with van der Waals surface area (Å²) in [6.45, 7) is 3.33. The Hall–Kier alpha value is -6.91. The van der Waals surface area contributed by atoms with E-state index in [0.717, 1.165) is 36.4 Å². The lowest BCUT2D eigenvalue weighted by Gasteiger charge is -2.10. The van der Waals surface area contributed by atoms with E-state index in [9.17, 15) is 56.7 Å². The molecule has 0 radical (unpaired) electrons. The minimum absolute atomic E-state index is 0.0150. The molecule has 1 heterocycles. The molecule has 0 unspecified atom stereocenters. The van der Waals surface area contributed by atoms with Gasteiger partial charge in [-0.2, -0.15) is 53.9 Å². The van der Waals surface area contributed by atoms with Crippen LogP contribution in [0.3, 0.4) is 0 Å². The first-order chi connectivity index (χ1) is 29.4. The molecule has 7 N–H and O–H groups in total. The molecule has 63 heavy (non-hydrogen) atoms. The van der Waals surface area contributed by atoms with Crippen molar-refractivity contribution in [3.63, 3.8) is 0 Å². The monoisotopic (exact) mass is 935 g/mol. The highest BCUT2D eigenvalue weighted by atomic mass is 32.2. The van der Waals surface area contributed by atoms with E-state index in [1.807, 2.05) is 0 Å². The van der Waals surface area contributed by atoms with Crippen LogP contribution in [0.2, 0.25) is 0 Å². The number of aryl methyl sites for hydroxylation is 2. The fraction of sp³-hybridized carbons (Fsp3) is 0.0541. The van der Waals surface area contributed by atoms with Crippen molar-refractivity contribution in [2.75, 3.05) is 10.6 Å². The van der Waals surface area contributed by atoms with Crippen molar-refractivity contribution in [3.8, 4) is 0 Å². The van der Waals surface area contributed by atoms with E-state index in [0.29, 0.717) is 33.3 Å². The topological polar surface area (TPSA) is 350 Å². The maximum absolute atomic E-state index is 12.5. The summed E-state index contributed by atoms with van der Waals surface area (Å²) in [5, 5.41) is 23.0. The Labute approximate surface area is 356 Å². The van der Waals surface area contributed by atoms with E-state index in [2.05, 4.69) is 46.0 Å². The Bertz CT molecular complexity index is 3410. The van der Waals surface area contributed by atoms with E-state index in [1.54, 1.807) is 38.1 Å². The van der Waals surface area contributed by atoms with Crippen LogP contribution in [-0.2, 0) is 40.5 Å². The van der Waals surface area contributed by atoms with Gasteiger partial charge in [-0.15, -0.1) is 10.2 Å². The van der Waals surface area contributed by atoms with E-state index < -0.39 is 65.7 Å². The van der Waals surface area contributed by atoms with Crippen LogP contribution >= 0.6 is 0 Å². The van der Waals surface area contributed by atoms with E-state index in [1.165, 1.54) is 36.4 Å². The third kappa shape index (κ3) is 10.2. The highest BCUT2D eigenvalue weighted by Gasteiger charge is 2.21. The van der Waals surface area contributed by atoms with Gasteiger partial charge in [-0.1, -0.05) is 12.1 Å². The normalized spacial score (nSPS) is 12.7. The Balaban J connectivity index is 1.08. The molecule has 0 spiro atoms. The second-order valence-corrected chi connectivity index (χ2v) is 19.2. The molecular formula is C37H29N9O13S4. The van der Waals surface area contributed by atoms with Crippen LogP contribution in [-0.4, -0.2) is 66.8 Å². The maximum Gasteiger partial charge on any atom is 0.351 e. The highest BCUT2D eigenvalue weighted by Crippen LogP contribution is 2.35. The molecule has 0 fully saturated rings. The molecule has 0 aliphatic rings. The van der Waals surface area contributed by atoms with Crippen LogP contribution in [0.25, 0.3) is 21.5 Å². The smallest absolute Gasteiger partial charge is 0.326 e. The SMILES string of the molecule is Cc1cc(Nc2nc(Nc3ccc(N=Nc4cc5ccc(S(=O)(=O)O)cc5cc4S(=O)(=O)O)c(C)c3)[nH]c(=O)n2)ccc1N=Nc1cc2ccc(S(=O)(=O)O)cc2cc1S(=O)(=O)O. The fourth-order valence-electron chi connectivity index (χ4n) is 6.05. The summed E-state index contributed by atoms with van der Waals surface area (Å²) in [5.41, 5.74) is 1.20. The average Bonchev–Trinajstić information content (AvgIpc) is 3.17. The van der Waals surface area contributed by atoms with Gasteiger partial charge in [-0.25, -0.2) is 4.79 Å². The van der Waals surface area contributed by atoms with Crippen molar-refractivity contribution in [1.82, 2.24) is 15.0 Å². The minimum atomic E-state index is -4.86. The minimum Gasteiger partial charge on any atom is -0.326 e. The first-order valence-corrected chi connectivity index (χ1v) is 23.3. The van der Waals surface area contributed by atoms with Gasteiger partial charge in [0.05, 0.1) is 21.2 Å². The molecule has 0 atom stereocenters. The van der Waals surface area contributed by atoms with Crippen LogP contribution < -0.4 is 16.3 Å². The molecule has 0 aliphatic heterocycles. The number of hydrogen-bond donors (Lipinski definition) is 7. The third-order valence-electron chi connectivity index (χ3n) is 9.02. The number of aromatic amines is 1. The van der Waals surface area contributed by atoms with Gasteiger partial charge in [0.15, 0.2) is 0 Å². The fourth-order valence-corrected chi connectivity index (χ4v) is 8.36. The third-order valence-corrected chi connectivity index (χ3v) is 12.5. The number of aromatic nitrogens is 3. The van der Waals surface area contributed by atoms with Gasteiger partial charge in [-0.3, -0.25) is 23.2 Å². The molecule has 0 bridgehead atoms. The number of H-pyrrole nitrogens is 1. The van der Waals surface area contributed by atoms with Gasteiger partial charge in [0.25, 0.3) is 40.5 Å². The van der Waals surface area contributed by atoms with Gasteiger partial charge >= 0.3 is 5.69 Å². The zero-order valence-corrected chi connectivity index (χ0v) is 35.3. The van der Waals surface area contributed by atoms with Crippen LogP contribution in [0.5, 0.6) is 0 Å². The lowest BCUT2D eigenvalue weighted by Crippen LogP contribution is -2.16. The standard InChI is InChI=1S/C37H29N9O13S4/c1-19-11-25(5-9-29(19)43-45-31-15-21-3-7-27(60(48,49)50)13-23(21)17-33(31)62(54,55)56)38-35-40-36(42-37(47)41-35)39-26-6-10-30(20(2)12-26)44-46-32-16-22-4-8-28(61(51,52)53)14-24(22)18-34(32)63(57,58)59/h3-18H,1-2H3,(H,48,49,50)(H,51,52,53)(H,54,55,56)(H,57,58,59)(H3,38,39,40,41,42,47). The molecular weight excluding hydrogens is 907 g/mol. The lowest BCUT2D eigenvalue weighted by atomic mass is 10.1. The number of hydrogen-bond acceptors (Lipinski definition) is 17. The van der Waals surface area contributed by atoms with Crippen LogP contribution in [0, 0.1) is 13.8 Å². The van der Waals surface area contributed by atoms with Gasteiger partial charge in [0, 0.05) is 11.4 Å². The summed E-state index contributed by atoms with van der Waals surface area (Å²) in [4.78, 5) is 20.9. The molecule has 7 aromatic rings. The zero-order chi connectivity index (χ0) is 45.6.